The van der Waals surface area contributed by atoms with Gasteiger partial charge in [0, 0.05) is 20.7 Å². The molecule has 218 valence electrons. The van der Waals surface area contributed by atoms with Gasteiger partial charge in [-0.05, 0) is 61.1 Å². The summed E-state index contributed by atoms with van der Waals surface area (Å²) in [5.41, 5.74) is 3.88. The molecule has 0 aromatic heterocycles. The van der Waals surface area contributed by atoms with Gasteiger partial charge in [0.2, 0.25) is 10.0 Å². The molecule has 1 N–H and O–H groups in total. The molecular formula is C33H42N2O4SSi. The topological polar surface area (TPSA) is 75.5 Å². The largest absolute Gasteiger partial charge is 0.459 e. The van der Waals surface area contributed by atoms with Crippen LogP contribution in [0.4, 0.5) is 0 Å². The monoisotopic (exact) mass is 590 g/mol. The maximum atomic E-state index is 13.9. The second kappa shape index (κ2) is 10.8. The Morgan fingerprint density at radius 3 is 2.02 bits per heavy atom. The van der Waals surface area contributed by atoms with Gasteiger partial charge in [0.05, 0.1) is 11.3 Å². The summed E-state index contributed by atoms with van der Waals surface area (Å²) in [6, 6.07) is 26.5. The summed E-state index contributed by atoms with van der Waals surface area (Å²) in [4.78, 5) is 13.9. The smallest absolute Gasteiger partial charge is 0.323 e. The first-order valence-electron chi connectivity index (χ1n) is 14.5. The molecule has 2 aliphatic rings. The number of benzene rings is 3. The normalized spacial score (nSPS) is 20.1. The van der Waals surface area contributed by atoms with Crippen LogP contribution >= 0.6 is 0 Å². The molecule has 3 atom stereocenters. The summed E-state index contributed by atoms with van der Waals surface area (Å²) in [5.74, 6) is -0.209. The van der Waals surface area contributed by atoms with Crippen LogP contribution in [0.15, 0.2) is 78.9 Å². The van der Waals surface area contributed by atoms with E-state index in [1.807, 2.05) is 63.2 Å². The molecule has 8 heteroatoms. The van der Waals surface area contributed by atoms with Gasteiger partial charge in [0.25, 0.3) is 0 Å². The van der Waals surface area contributed by atoms with Gasteiger partial charge in [-0.2, -0.15) is 4.31 Å². The molecule has 1 aliphatic heterocycles. The minimum Gasteiger partial charge on any atom is -0.459 e. The van der Waals surface area contributed by atoms with Gasteiger partial charge >= 0.3 is 5.97 Å². The number of nitrogens with zero attached hydrogens (tertiary/aromatic N) is 1. The van der Waals surface area contributed by atoms with Crippen LogP contribution in [0.1, 0.15) is 43.9 Å². The van der Waals surface area contributed by atoms with Crippen molar-refractivity contribution < 1.29 is 17.9 Å². The van der Waals surface area contributed by atoms with E-state index in [-0.39, 0.29) is 17.8 Å². The lowest BCUT2D eigenvalue weighted by Crippen LogP contribution is -2.53. The van der Waals surface area contributed by atoms with E-state index in [2.05, 4.69) is 61.4 Å². The zero-order valence-corrected chi connectivity index (χ0v) is 26.8. The highest BCUT2D eigenvalue weighted by Crippen LogP contribution is 2.51. The van der Waals surface area contributed by atoms with Crippen molar-refractivity contribution in [2.45, 2.75) is 76.1 Å². The van der Waals surface area contributed by atoms with Crippen LogP contribution in [0.5, 0.6) is 0 Å². The van der Waals surface area contributed by atoms with E-state index < -0.39 is 35.3 Å². The average molecular weight is 591 g/mol. The standard InChI is InChI=1S/C33H42N2O4SSi/c1-32(2,3)39-31(36)30(22-25-23-35(25)40(37,38)20-21-41(4,5)6)34-33(24-14-8-7-9-15-24)28-18-12-10-16-26(28)27-17-11-13-19-29(27)33/h7-19,25,30,34H,20-23H2,1-6H3/t25-,30+,35?/m1/s1. The highest BCUT2D eigenvalue weighted by Gasteiger charge is 2.51. The molecule has 1 unspecified atom stereocenters. The maximum absolute atomic E-state index is 13.9. The molecule has 0 bridgehead atoms. The Balaban J connectivity index is 1.54. The van der Waals surface area contributed by atoms with Crippen LogP contribution in [0, 0.1) is 0 Å². The van der Waals surface area contributed by atoms with Gasteiger partial charge in [-0.1, -0.05) is 98.5 Å². The Bertz CT molecular complexity index is 1480. The zero-order chi connectivity index (χ0) is 29.6. The van der Waals surface area contributed by atoms with E-state index in [1.54, 1.807) is 4.31 Å². The van der Waals surface area contributed by atoms with Crippen molar-refractivity contribution >= 4 is 24.1 Å². The quantitative estimate of drug-likeness (QED) is 0.178. The van der Waals surface area contributed by atoms with Crippen molar-refractivity contribution in [3.8, 4) is 11.1 Å². The number of nitrogens with one attached hydrogen (secondary N) is 1. The Morgan fingerprint density at radius 2 is 1.49 bits per heavy atom. The molecule has 1 fully saturated rings. The molecule has 0 amide bonds. The van der Waals surface area contributed by atoms with Gasteiger partial charge < -0.3 is 4.74 Å². The summed E-state index contributed by atoms with van der Waals surface area (Å²) in [6.45, 7) is 12.6. The molecule has 5 rings (SSSR count). The van der Waals surface area contributed by atoms with Crippen molar-refractivity contribution in [3.05, 3.63) is 95.6 Å². The van der Waals surface area contributed by atoms with Crippen LogP contribution in [0.25, 0.3) is 11.1 Å². The lowest BCUT2D eigenvalue weighted by Gasteiger charge is -2.38. The summed E-state index contributed by atoms with van der Waals surface area (Å²) < 4.78 is 33.9. The molecule has 1 heterocycles. The van der Waals surface area contributed by atoms with E-state index >= 15 is 0 Å². The summed E-state index contributed by atoms with van der Waals surface area (Å²) in [6.07, 6.45) is 0.333. The molecule has 0 saturated carbocycles. The van der Waals surface area contributed by atoms with Crippen LogP contribution in [0.3, 0.4) is 0 Å². The van der Waals surface area contributed by atoms with Crippen molar-refractivity contribution in [1.29, 1.82) is 0 Å². The second-order valence-electron chi connectivity index (χ2n) is 13.5. The molecule has 41 heavy (non-hydrogen) atoms. The van der Waals surface area contributed by atoms with Gasteiger partial charge in [0.15, 0.2) is 0 Å². The third kappa shape index (κ3) is 6.21. The zero-order valence-electron chi connectivity index (χ0n) is 25.0. The third-order valence-corrected chi connectivity index (χ3v) is 11.9. The maximum Gasteiger partial charge on any atom is 0.323 e. The highest BCUT2D eigenvalue weighted by atomic mass is 32.2. The third-order valence-electron chi connectivity index (χ3n) is 7.88. The van der Waals surface area contributed by atoms with Crippen molar-refractivity contribution in [2.75, 3.05) is 12.3 Å². The first-order valence-corrected chi connectivity index (χ1v) is 19.8. The Labute approximate surface area is 246 Å². The van der Waals surface area contributed by atoms with Crippen molar-refractivity contribution in [2.24, 2.45) is 0 Å². The number of hydrogen-bond donors (Lipinski definition) is 1. The molecule has 3 aromatic rings. The summed E-state index contributed by atoms with van der Waals surface area (Å²) in [5, 5.41) is 3.79. The minimum atomic E-state index is -3.38. The summed E-state index contributed by atoms with van der Waals surface area (Å²) in [7, 11) is -4.90. The Hall–Kier alpha value is -2.78. The number of rotatable bonds is 10. The predicted octanol–water partition coefficient (Wildman–Crippen LogP) is 6.00. The van der Waals surface area contributed by atoms with Crippen molar-refractivity contribution in [3.63, 3.8) is 0 Å². The number of carbonyl (C=O) groups excluding carboxylic acids is 1. The van der Waals surface area contributed by atoms with Gasteiger partial charge in [-0.25, -0.2) is 8.42 Å². The molecule has 3 aromatic carbocycles. The molecule has 0 spiro atoms. The van der Waals surface area contributed by atoms with E-state index in [0.29, 0.717) is 13.0 Å². The highest BCUT2D eigenvalue weighted by molar-refractivity contribution is 7.89. The first kappa shape index (κ1) is 29.7. The fourth-order valence-corrected chi connectivity index (χ4v) is 10.5. The number of esters is 1. The number of carbonyl (C=O) groups is 1. The van der Waals surface area contributed by atoms with Crippen LogP contribution in [-0.4, -0.2) is 56.7 Å². The first-order chi connectivity index (χ1) is 19.2. The molecule has 1 aliphatic carbocycles. The number of fused-ring (bicyclic) bond motifs is 3. The van der Waals surface area contributed by atoms with E-state index in [0.717, 1.165) is 33.9 Å². The van der Waals surface area contributed by atoms with Gasteiger partial charge in [0.1, 0.15) is 11.6 Å². The van der Waals surface area contributed by atoms with Crippen molar-refractivity contribution in [1.82, 2.24) is 9.62 Å². The van der Waals surface area contributed by atoms with E-state index in [4.69, 9.17) is 4.74 Å². The van der Waals surface area contributed by atoms with E-state index in [1.165, 1.54) is 0 Å². The molecule has 1 saturated heterocycles. The Morgan fingerprint density at radius 1 is 0.951 bits per heavy atom. The molecule has 6 nitrogen and oxygen atoms in total. The van der Waals surface area contributed by atoms with Crippen LogP contribution in [-0.2, 0) is 25.1 Å². The Kier molecular flexibility index (Phi) is 7.83. The number of ether oxygens (including phenoxy) is 1. The second-order valence-corrected chi connectivity index (χ2v) is 21.2. The van der Waals surface area contributed by atoms with Gasteiger partial charge in [-0.3, -0.25) is 10.1 Å². The molecular weight excluding hydrogens is 549 g/mol. The van der Waals surface area contributed by atoms with Crippen LogP contribution in [0.2, 0.25) is 25.7 Å². The lowest BCUT2D eigenvalue weighted by atomic mass is 9.79. The van der Waals surface area contributed by atoms with Crippen LogP contribution < -0.4 is 5.32 Å². The fraction of sp³-hybridized carbons (Fsp3) is 0.424. The SMILES string of the molecule is CC(C)(C)OC(=O)[C@H](C[C@@H]1CN1S(=O)(=O)CC[Si](C)(C)C)NC1(c2ccccc2)c2ccccc2-c2ccccc21. The van der Waals surface area contributed by atoms with Gasteiger partial charge in [-0.15, -0.1) is 0 Å². The lowest BCUT2D eigenvalue weighted by molar-refractivity contribution is -0.158. The number of sulfonamides is 1. The minimum absolute atomic E-state index is 0.165. The summed E-state index contributed by atoms with van der Waals surface area (Å²) >= 11 is 0. The molecule has 0 radical (unpaired) electrons. The predicted molar refractivity (Wildman–Crippen MR) is 168 cm³/mol. The average Bonchev–Trinajstić information content (AvgIpc) is 3.64. The fourth-order valence-electron chi connectivity index (χ4n) is 5.84. The van der Waals surface area contributed by atoms with E-state index in [9.17, 15) is 13.2 Å². The number of hydrogen-bond acceptors (Lipinski definition) is 5.